The molecule has 2 aromatic rings. The molecular weight excluding hydrogens is 333 g/mol. The summed E-state index contributed by atoms with van der Waals surface area (Å²) < 4.78 is 14.7. The number of benzene rings is 1. The molecule has 0 aliphatic heterocycles. The number of anilines is 1. The van der Waals surface area contributed by atoms with E-state index in [-0.39, 0.29) is 5.56 Å². The number of hydrogen-bond acceptors (Lipinski definition) is 3. The van der Waals surface area contributed by atoms with Crippen LogP contribution in [0, 0.1) is 5.82 Å². The van der Waals surface area contributed by atoms with Crippen molar-refractivity contribution in [1.29, 1.82) is 0 Å². The highest BCUT2D eigenvalue weighted by atomic mass is 79.9. The van der Waals surface area contributed by atoms with Gasteiger partial charge in [0.1, 0.15) is 5.82 Å². The number of thiophene rings is 1. The first-order valence-corrected chi connectivity index (χ1v) is 7.18. The molecule has 0 bridgehead atoms. The predicted molar refractivity (Wildman–Crippen MR) is 77.6 cm³/mol. The Hall–Kier alpha value is -1.40. The van der Waals surface area contributed by atoms with Crippen LogP contribution >= 0.6 is 27.3 Å². The van der Waals surface area contributed by atoms with Gasteiger partial charge in [-0.05, 0) is 52.7 Å². The minimum Gasteiger partial charge on any atom is -0.478 e. The van der Waals surface area contributed by atoms with Gasteiger partial charge in [-0.25, -0.2) is 9.18 Å². The van der Waals surface area contributed by atoms with Crippen LogP contribution < -0.4 is 5.32 Å². The van der Waals surface area contributed by atoms with Crippen LogP contribution in [0.25, 0.3) is 0 Å². The van der Waals surface area contributed by atoms with Gasteiger partial charge in [0, 0.05) is 11.4 Å². The van der Waals surface area contributed by atoms with Crippen molar-refractivity contribution in [2.75, 3.05) is 11.9 Å². The zero-order valence-corrected chi connectivity index (χ0v) is 12.2. The van der Waals surface area contributed by atoms with Crippen molar-refractivity contribution in [2.45, 2.75) is 6.42 Å². The zero-order valence-electron chi connectivity index (χ0n) is 9.82. The van der Waals surface area contributed by atoms with E-state index in [0.717, 1.165) is 16.3 Å². The first kappa shape index (κ1) is 14.0. The monoisotopic (exact) mass is 343 g/mol. The highest BCUT2D eigenvalue weighted by Gasteiger charge is 2.08. The van der Waals surface area contributed by atoms with E-state index in [4.69, 9.17) is 5.11 Å². The van der Waals surface area contributed by atoms with Crippen molar-refractivity contribution < 1.29 is 14.3 Å². The summed E-state index contributed by atoms with van der Waals surface area (Å²) in [6, 6.07) is 7.84. The number of carbonyl (C=O) groups is 1. The maximum Gasteiger partial charge on any atom is 0.335 e. The fraction of sp³-hybridized carbons (Fsp3) is 0.154. The van der Waals surface area contributed by atoms with E-state index in [1.807, 2.05) is 12.1 Å². The minimum absolute atomic E-state index is 0.0507. The van der Waals surface area contributed by atoms with Gasteiger partial charge in [0.2, 0.25) is 0 Å². The van der Waals surface area contributed by atoms with Crippen LogP contribution in [0.1, 0.15) is 15.2 Å². The maximum absolute atomic E-state index is 13.6. The van der Waals surface area contributed by atoms with Crippen LogP contribution in [0.4, 0.5) is 10.1 Å². The van der Waals surface area contributed by atoms with Crippen LogP contribution in [0.2, 0.25) is 0 Å². The summed E-state index contributed by atoms with van der Waals surface area (Å²) in [7, 11) is 0. The molecule has 3 nitrogen and oxygen atoms in total. The van der Waals surface area contributed by atoms with E-state index in [1.54, 1.807) is 11.3 Å². The molecule has 19 heavy (non-hydrogen) atoms. The second kappa shape index (κ2) is 6.16. The molecule has 2 N–H and O–H groups in total. The van der Waals surface area contributed by atoms with E-state index < -0.39 is 11.8 Å². The van der Waals surface area contributed by atoms with Crippen molar-refractivity contribution in [3.63, 3.8) is 0 Å². The van der Waals surface area contributed by atoms with Gasteiger partial charge in [0.25, 0.3) is 0 Å². The molecule has 0 aliphatic carbocycles. The molecule has 1 aromatic carbocycles. The Morgan fingerprint density at radius 3 is 2.74 bits per heavy atom. The molecule has 0 atom stereocenters. The van der Waals surface area contributed by atoms with Gasteiger partial charge in [-0.2, -0.15) is 0 Å². The second-order valence-electron chi connectivity index (χ2n) is 3.88. The van der Waals surface area contributed by atoms with Crippen molar-refractivity contribution in [3.05, 3.63) is 50.4 Å². The third-order valence-electron chi connectivity index (χ3n) is 2.53. The summed E-state index contributed by atoms with van der Waals surface area (Å²) in [5, 5.41) is 11.7. The molecule has 0 fully saturated rings. The Morgan fingerprint density at radius 1 is 1.37 bits per heavy atom. The third kappa shape index (κ3) is 3.78. The van der Waals surface area contributed by atoms with Crippen LogP contribution in [0.3, 0.4) is 0 Å². The Balaban J connectivity index is 1.94. The Labute approximate surface area is 122 Å². The summed E-state index contributed by atoms with van der Waals surface area (Å²) in [6.07, 6.45) is 0.788. The normalized spacial score (nSPS) is 10.4. The van der Waals surface area contributed by atoms with Gasteiger partial charge in [-0.3, -0.25) is 0 Å². The fourth-order valence-corrected chi connectivity index (χ4v) is 3.08. The Morgan fingerprint density at radius 2 is 2.16 bits per heavy atom. The molecule has 0 unspecified atom stereocenters. The van der Waals surface area contributed by atoms with Crippen molar-refractivity contribution in [1.82, 2.24) is 0 Å². The van der Waals surface area contributed by atoms with E-state index >= 15 is 0 Å². The molecule has 0 saturated carbocycles. The van der Waals surface area contributed by atoms with E-state index in [2.05, 4.69) is 21.2 Å². The second-order valence-corrected chi connectivity index (χ2v) is 6.43. The number of nitrogens with one attached hydrogen (secondary N) is 1. The summed E-state index contributed by atoms with van der Waals surface area (Å²) in [5.74, 6) is -1.68. The lowest BCUT2D eigenvalue weighted by Gasteiger charge is -2.07. The lowest BCUT2D eigenvalue weighted by atomic mass is 10.2. The maximum atomic E-state index is 13.6. The first-order chi connectivity index (χ1) is 9.06. The van der Waals surface area contributed by atoms with Gasteiger partial charge in [-0.1, -0.05) is 0 Å². The smallest absolute Gasteiger partial charge is 0.335 e. The van der Waals surface area contributed by atoms with Crippen LogP contribution in [-0.4, -0.2) is 17.6 Å². The van der Waals surface area contributed by atoms with E-state index in [0.29, 0.717) is 12.2 Å². The molecule has 0 radical (unpaired) electrons. The van der Waals surface area contributed by atoms with Crippen molar-refractivity contribution in [2.24, 2.45) is 0 Å². The highest BCUT2D eigenvalue weighted by molar-refractivity contribution is 9.11. The standard InChI is InChI=1S/C13H11BrFNO2S/c14-12-4-2-9(19-12)5-6-16-11-3-1-8(13(17)18)7-10(11)15/h1-4,7,16H,5-6H2,(H,17,18). The third-order valence-corrected chi connectivity index (χ3v) is 4.22. The Kier molecular flexibility index (Phi) is 4.55. The molecule has 2 rings (SSSR count). The highest BCUT2D eigenvalue weighted by Crippen LogP contribution is 2.22. The molecule has 6 heteroatoms. The molecule has 0 aliphatic rings. The lowest BCUT2D eigenvalue weighted by Crippen LogP contribution is -2.06. The number of aromatic carboxylic acids is 1. The van der Waals surface area contributed by atoms with Gasteiger partial charge in [0.15, 0.2) is 0 Å². The summed E-state index contributed by atoms with van der Waals surface area (Å²) >= 11 is 5.02. The van der Waals surface area contributed by atoms with E-state index in [9.17, 15) is 9.18 Å². The lowest BCUT2D eigenvalue weighted by molar-refractivity contribution is 0.0696. The zero-order chi connectivity index (χ0) is 13.8. The SMILES string of the molecule is O=C(O)c1ccc(NCCc2ccc(Br)s2)c(F)c1. The number of carboxylic acids is 1. The van der Waals surface area contributed by atoms with Crippen molar-refractivity contribution >= 4 is 38.9 Å². The van der Waals surface area contributed by atoms with Crippen LogP contribution in [-0.2, 0) is 6.42 Å². The number of rotatable bonds is 5. The van der Waals surface area contributed by atoms with Crippen LogP contribution in [0.5, 0.6) is 0 Å². The van der Waals surface area contributed by atoms with Gasteiger partial charge in [-0.15, -0.1) is 11.3 Å². The van der Waals surface area contributed by atoms with Gasteiger partial charge >= 0.3 is 5.97 Å². The molecule has 0 amide bonds. The average Bonchev–Trinajstić information content (AvgIpc) is 2.77. The molecule has 100 valence electrons. The fourth-order valence-electron chi connectivity index (χ4n) is 1.60. The van der Waals surface area contributed by atoms with Gasteiger partial charge in [0.05, 0.1) is 15.0 Å². The Bertz CT molecular complexity index is 600. The topological polar surface area (TPSA) is 49.3 Å². The van der Waals surface area contributed by atoms with Gasteiger partial charge < -0.3 is 10.4 Å². The summed E-state index contributed by atoms with van der Waals surface area (Å²) in [6.45, 7) is 0.594. The number of halogens is 2. The van der Waals surface area contributed by atoms with Crippen molar-refractivity contribution in [3.8, 4) is 0 Å². The quantitative estimate of drug-likeness (QED) is 0.862. The summed E-state index contributed by atoms with van der Waals surface area (Å²) in [4.78, 5) is 11.9. The molecule has 0 saturated heterocycles. The van der Waals surface area contributed by atoms with E-state index in [1.165, 1.54) is 17.0 Å². The van der Waals surface area contributed by atoms with Crippen LogP contribution in [0.15, 0.2) is 34.1 Å². The largest absolute Gasteiger partial charge is 0.478 e. The molecular formula is C13H11BrFNO2S. The minimum atomic E-state index is -1.13. The summed E-state index contributed by atoms with van der Waals surface area (Å²) in [5.41, 5.74) is 0.269. The molecule has 0 spiro atoms. The average molecular weight is 344 g/mol. The molecule has 1 aromatic heterocycles. The number of hydrogen-bond donors (Lipinski definition) is 2. The predicted octanol–water partition coefficient (Wildman–Crippen LogP) is 4.00. The molecule has 1 heterocycles. The number of carboxylic acid groups (broad SMARTS) is 1. The first-order valence-electron chi connectivity index (χ1n) is 5.57.